The highest BCUT2D eigenvalue weighted by Gasteiger charge is 2.39. The number of nitrogens with one attached hydrogen (secondary N) is 1. The van der Waals surface area contributed by atoms with Crippen molar-refractivity contribution in [2.75, 3.05) is 40.3 Å². The number of methoxy groups -OCH3 is 1. The van der Waals surface area contributed by atoms with Crippen LogP contribution in [0, 0.1) is 0 Å². The van der Waals surface area contributed by atoms with Crippen molar-refractivity contribution in [3.8, 4) is 22.6 Å². The zero-order chi connectivity index (χ0) is 26.2. The van der Waals surface area contributed by atoms with E-state index in [1.165, 1.54) is 0 Å². The molecule has 0 bridgehead atoms. The summed E-state index contributed by atoms with van der Waals surface area (Å²) in [6.07, 6.45) is 2.68. The fourth-order valence-corrected chi connectivity index (χ4v) is 6.28. The standard InChI is InChI=1S/C26H33N5O5S/c1-29-15-21(32)12-28-37(33,34)26-8-7-20(19-5-4-6-22(9-19)35-3)10-24(26)36-25-17-31(16-23(25)29)14-18-11-27-30(2)13-18/h4-11,13,21,23,25,28,32H,12,14-17H2,1-3H3/t21-,23+,25-/m0/s1. The van der Waals surface area contributed by atoms with Gasteiger partial charge in [0, 0.05) is 51.5 Å². The van der Waals surface area contributed by atoms with Gasteiger partial charge in [0.2, 0.25) is 10.0 Å². The second kappa shape index (κ2) is 10.4. The smallest absolute Gasteiger partial charge is 0.244 e. The van der Waals surface area contributed by atoms with Crippen LogP contribution < -0.4 is 14.2 Å². The first-order valence-corrected chi connectivity index (χ1v) is 13.7. The number of benzene rings is 2. The van der Waals surface area contributed by atoms with E-state index in [1.807, 2.05) is 50.8 Å². The predicted octanol–water partition coefficient (Wildman–Crippen LogP) is 1.31. The maximum Gasteiger partial charge on any atom is 0.244 e. The SMILES string of the molecule is COc1cccc(-c2ccc3c(c2)O[C@H]2CN(Cc4cnn(C)c4)C[C@H]2N(C)C[C@@H](O)CNS3(=O)=O)c1. The molecule has 10 nitrogen and oxygen atoms in total. The van der Waals surface area contributed by atoms with Crippen LogP contribution in [0.25, 0.3) is 11.1 Å². The van der Waals surface area contributed by atoms with Gasteiger partial charge < -0.3 is 14.6 Å². The van der Waals surface area contributed by atoms with Gasteiger partial charge in [-0.3, -0.25) is 14.5 Å². The van der Waals surface area contributed by atoms with Gasteiger partial charge in [-0.25, -0.2) is 13.1 Å². The summed E-state index contributed by atoms with van der Waals surface area (Å²) in [6, 6.07) is 12.7. The number of β-amino-alcohol motifs (C(OH)–C–C–N with tert-alkyl or cyclic N) is 1. The summed E-state index contributed by atoms with van der Waals surface area (Å²) in [7, 11) is 1.53. The number of hydrogen-bond donors (Lipinski definition) is 2. The number of likely N-dealkylation sites (tertiary alicyclic amines) is 1. The summed E-state index contributed by atoms with van der Waals surface area (Å²) < 4.78 is 42.7. The molecule has 2 N–H and O–H groups in total. The van der Waals surface area contributed by atoms with Crippen molar-refractivity contribution < 1.29 is 23.0 Å². The molecule has 3 heterocycles. The third-order valence-corrected chi connectivity index (χ3v) is 8.43. The quantitative estimate of drug-likeness (QED) is 0.523. The molecule has 198 valence electrons. The number of rotatable bonds is 4. The average Bonchev–Trinajstić information content (AvgIpc) is 3.47. The predicted molar refractivity (Wildman–Crippen MR) is 139 cm³/mol. The molecule has 2 aliphatic rings. The molecular weight excluding hydrogens is 494 g/mol. The molecule has 1 aromatic heterocycles. The van der Waals surface area contributed by atoms with Gasteiger partial charge in [0.25, 0.3) is 0 Å². The van der Waals surface area contributed by atoms with Crippen LogP contribution in [-0.2, 0) is 23.6 Å². The molecule has 3 aromatic rings. The highest BCUT2D eigenvalue weighted by Crippen LogP contribution is 2.34. The summed E-state index contributed by atoms with van der Waals surface area (Å²) in [5, 5.41) is 14.9. The molecule has 11 heteroatoms. The van der Waals surface area contributed by atoms with Crippen molar-refractivity contribution in [1.29, 1.82) is 0 Å². The maximum absolute atomic E-state index is 13.2. The zero-order valence-electron chi connectivity index (χ0n) is 21.2. The molecule has 1 fully saturated rings. The lowest BCUT2D eigenvalue weighted by Crippen LogP contribution is -2.47. The van der Waals surface area contributed by atoms with Crippen LogP contribution in [0.15, 0.2) is 59.8 Å². The van der Waals surface area contributed by atoms with Crippen LogP contribution in [0.2, 0.25) is 0 Å². The molecule has 0 saturated carbocycles. The second-order valence-corrected chi connectivity index (χ2v) is 11.5. The van der Waals surface area contributed by atoms with Crippen molar-refractivity contribution in [3.63, 3.8) is 0 Å². The Kier molecular flexibility index (Phi) is 7.24. The van der Waals surface area contributed by atoms with Gasteiger partial charge in [-0.2, -0.15) is 5.10 Å². The number of sulfonamides is 1. The van der Waals surface area contributed by atoms with E-state index in [2.05, 4.69) is 19.6 Å². The first kappa shape index (κ1) is 25.7. The van der Waals surface area contributed by atoms with Gasteiger partial charge in [-0.1, -0.05) is 18.2 Å². The van der Waals surface area contributed by atoms with Gasteiger partial charge in [-0.15, -0.1) is 0 Å². The van der Waals surface area contributed by atoms with Crippen LogP contribution in [0.4, 0.5) is 0 Å². The van der Waals surface area contributed by atoms with E-state index in [-0.39, 0.29) is 29.3 Å². The van der Waals surface area contributed by atoms with E-state index < -0.39 is 16.1 Å². The third-order valence-electron chi connectivity index (χ3n) is 6.97. The molecule has 3 atom stereocenters. The Morgan fingerprint density at radius 2 is 1.95 bits per heavy atom. The highest BCUT2D eigenvalue weighted by atomic mass is 32.2. The zero-order valence-corrected chi connectivity index (χ0v) is 22.1. The Balaban J connectivity index is 1.52. The first-order valence-electron chi connectivity index (χ1n) is 12.2. The van der Waals surface area contributed by atoms with E-state index in [9.17, 15) is 13.5 Å². The minimum absolute atomic E-state index is 0.0412. The number of fused-ring (bicyclic) bond motifs is 2. The van der Waals surface area contributed by atoms with E-state index >= 15 is 0 Å². The Morgan fingerprint density at radius 3 is 2.70 bits per heavy atom. The van der Waals surface area contributed by atoms with Gasteiger partial charge in [0.05, 0.1) is 25.5 Å². The number of nitrogens with zero attached hydrogens (tertiary/aromatic N) is 4. The van der Waals surface area contributed by atoms with Crippen LogP contribution in [0.5, 0.6) is 11.5 Å². The minimum atomic E-state index is -3.91. The van der Waals surface area contributed by atoms with Crippen molar-refractivity contribution >= 4 is 10.0 Å². The van der Waals surface area contributed by atoms with E-state index in [0.29, 0.717) is 31.9 Å². The van der Waals surface area contributed by atoms with Crippen molar-refractivity contribution in [2.45, 2.75) is 29.7 Å². The topological polar surface area (TPSA) is 109 Å². The van der Waals surface area contributed by atoms with Gasteiger partial charge >= 0.3 is 0 Å². The molecule has 2 aliphatic heterocycles. The number of aliphatic hydroxyl groups is 1. The number of aliphatic hydroxyl groups excluding tert-OH is 1. The fraction of sp³-hybridized carbons (Fsp3) is 0.423. The third kappa shape index (κ3) is 5.65. The van der Waals surface area contributed by atoms with Crippen molar-refractivity contribution in [2.24, 2.45) is 7.05 Å². The Labute approximate surface area is 217 Å². The van der Waals surface area contributed by atoms with Crippen LogP contribution in [-0.4, -0.2) is 91.7 Å². The number of likely N-dealkylation sites (N-methyl/N-ethyl adjacent to an activating group) is 1. The Hall–Kier alpha value is -2.96. The number of aryl methyl sites for hydroxylation is 1. The van der Waals surface area contributed by atoms with Crippen LogP contribution in [0.1, 0.15) is 5.56 Å². The van der Waals surface area contributed by atoms with Crippen LogP contribution in [0.3, 0.4) is 0 Å². The molecule has 0 aliphatic carbocycles. The summed E-state index contributed by atoms with van der Waals surface area (Å²) >= 11 is 0. The fourth-order valence-electron chi connectivity index (χ4n) is 5.10. The Morgan fingerprint density at radius 1 is 1.14 bits per heavy atom. The summed E-state index contributed by atoms with van der Waals surface area (Å²) in [5.74, 6) is 0.998. The molecule has 0 amide bonds. The molecule has 5 rings (SSSR count). The Bertz CT molecular complexity index is 1360. The van der Waals surface area contributed by atoms with Gasteiger partial charge in [0.1, 0.15) is 22.5 Å². The molecule has 0 unspecified atom stereocenters. The lowest BCUT2D eigenvalue weighted by molar-refractivity contribution is 0.0713. The lowest BCUT2D eigenvalue weighted by atomic mass is 10.1. The second-order valence-electron chi connectivity index (χ2n) is 9.78. The maximum atomic E-state index is 13.2. The summed E-state index contributed by atoms with van der Waals surface area (Å²) in [4.78, 5) is 4.39. The van der Waals surface area contributed by atoms with E-state index in [0.717, 1.165) is 16.7 Å². The molecule has 37 heavy (non-hydrogen) atoms. The molecule has 1 saturated heterocycles. The normalized spacial score (nSPS) is 24.5. The van der Waals surface area contributed by atoms with E-state index in [4.69, 9.17) is 9.47 Å². The van der Waals surface area contributed by atoms with Crippen LogP contribution >= 0.6 is 0 Å². The molecule has 2 aromatic carbocycles. The van der Waals surface area contributed by atoms with Crippen molar-refractivity contribution in [3.05, 3.63) is 60.4 Å². The molecule has 0 radical (unpaired) electrons. The number of aromatic nitrogens is 2. The van der Waals surface area contributed by atoms with Crippen molar-refractivity contribution in [1.82, 2.24) is 24.3 Å². The van der Waals surface area contributed by atoms with Gasteiger partial charge in [0.15, 0.2) is 0 Å². The largest absolute Gasteiger partial charge is 0.497 e. The lowest BCUT2D eigenvalue weighted by Gasteiger charge is -2.30. The highest BCUT2D eigenvalue weighted by molar-refractivity contribution is 7.89. The average molecular weight is 528 g/mol. The first-order chi connectivity index (χ1) is 17.7. The monoisotopic (exact) mass is 527 g/mol. The summed E-state index contributed by atoms with van der Waals surface area (Å²) in [5.41, 5.74) is 2.80. The van der Waals surface area contributed by atoms with Gasteiger partial charge in [-0.05, 0) is 42.4 Å². The number of hydrogen-bond acceptors (Lipinski definition) is 8. The van der Waals surface area contributed by atoms with E-state index in [1.54, 1.807) is 30.0 Å². The summed E-state index contributed by atoms with van der Waals surface area (Å²) in [6.45, 7) is 2.26. The minimum Gasteiger partial charge on any atom is -0.497 e. The molecule has 0 spiro atoms. The molecular formula is C26H33N5O5S. The number of ether oxygens (including phenoxy) is 2.